The van der Waals surface area contributed by atoms with Crippen molar-refractivity contribution in [3.8, 4) is 0 Å². The third-order valence-electron chi connectivity index (χ3n) is 1.34. The van der Waals surface area contributed by atoms with Crippen LogP contribution in [0.1, 0.15) is 5.69 Å². The molecule has 3 nitrogen and oxygen atoms in total. The van der Waals surface area contributed by atoms with E-state index < -0.39 is 0 Å². The van der Waals surface area contributed by atoms with Gasteiger partial charge in [-0.05, 0) is 6.07 Å². The molecule has 0 atom stereocenters. The summed E-state index contributed by atoms with van der Waals surface area (Å²) >= 11 is 0. The molecular weight excluding hydrogens is 114 g/mol. The van der Waals surface area contributed by atoms with Crippen LogP contribution in [0.15, 0.2) is 12.3 Å². The summed E-state index contributed by atoms with van der Waals surface area (Å²) in [6.45, 7) is 0.549. The van der Waals surface area contributed by atoms with E-state index in [0.29, 0.717) is 6.54 Å². The van der Waals surface area contributed by atoms with Crippen LogP contribution in [0.5, 0.6) is 0 Å². The van der Waals surface area contributed by atoms with E-state index in [2.05, 4.69) is 0 Å². The molecule has 4 N–H and O–H groups in total. The summed E-state index contributed by atoms with van der Waals surface area (Å²) in [6, 6.07) is 1.88. The number of hydrogen-bond donors (Lipinski definition) is 2. The third kappa shape index (κ3) is 1.05. The van der Waals surface area contributed by atoms with Crippen molar-refractivity contribution in [2.75, 3.05) is 5.73 Å². The van der Waals surface area contributed by atoms with E-state index in [1.54, 1.807) is 0 Å². The SMILES string of the molecule is Cn1cc(N)cc1CN. The van der Waals surface area contributed by atoms with Gasteiger partial charge in [-0.1, -0.05) is 0 Å². The van der Waals surface area contributed by atoms with Crippen LogP contribution in [0.25, 0.3) is 0 Å². The molecule has 0 radical (unpaired) electrons. The Hall–Kier alpha value is -0.960. The number of hydrogen-bond acceptors (Lipinski definition) is 2. The molecule has 0 aliphatic carbocycles. The average Bonchev–Trinajstić information content (AvgIpc) is 2.10. The molecule has 1 heterocycles. The largest absolute Gasteiger partial charge is 0.397 e. The van der Waals surface area contributed by atoms with Gasteiger partial charge in [0.2, 0.25) is 0 Å². The number of aryl methyl sites for hydroxylation is 1. The van der Waals surface area contributed by atoms with Crippen LogP contribution in [0.3, 0.4) is 0 Å². The highest BCUT2D eigenvalue weighted by Crippen LogP contribution is 2.06. The van der Waals surface area contributed by atoms with E-state index in [0.717, 1.165) is 11.4 Å². The molecule has 3 heteroatoms. The summed E-state index contributed by atoms with van der Waals surface area (Å²) in [4.78, 5) is 0. The van der Waals surface area contributed by atoms with Crippen molar-refractivity contribution >= 4 is 5.69 Å². The Labute approximate surface area is 54.3 Å². The number of nitrogen functional groups attached to an aromatic ring is 1. The van der Waals surface area contributed by atoms with Gasteiger partial charge in [-0.15, -0.1) is 0 Å². The van der Waals surface area contributed by atoms with Crippen LogP contribution in [0, 0.1) is 0 Å². The second-order valence-corrected chi connectivity index (χ2v) is 2.08. The molecule has 0 unspecified atom stereocenters. The molecule has 0 spiro atoms. The zero-order valence-electron chi connectivity index (χ0n) is 5.46. The summed E-state index contributed by atoms with van der Waals surface area (Å²) in [5, 5.41) is 0. The average molecular weight is 125 g/mol. The topological polar surface area (TPSA) is 57.0 Å². The lowest BCUT2D eigenvalue weighted by Crippen LogP contribution is -2.01. The minimum absolute atomic E-state index is 0.549. The minimum Gasteiger partial charge on any atom is -0.397 e. The van der Waals surface area contributed by atoms with Gasteiger partial charge in [0.05, 0.1) is 0 Å². The van der Waals surface area contributed by atoms with E-state index in [1.165, 1.54) is 0 Å². The van der Waals surface area contributed by atoms with Crippen molar-refractivity contribution < 1.29 is 0 Å². The molecule has 0 aromatic carbocycles. The maximum Gasteiger partial charge on any atom is 0.0497 e. The Morgan fingerprint density at radius 2 is 2.33 bits per heavy atom. The highest BCUT2D eigenvalue weighted by atomic mass is 15.0. The smallest absolute Gasteiger partial charge is 0.0497 e. The molecule has 9 heavy (non-hydrogen) atoms. The first-order chi connectivity index (χ1) is 4.24. The van der Waals surface area contributed by atoms with E-state index in [1.807, 2.05) is 23.9 Å². The normalized spacial score (nSPS) is 10.0. The van der Waals surface area contributed by atoms with Gasteiger partial charge in [-0.25, -0.2) is 0 Å². The summed E-state index contributed by atoms with van der Waals surface area (Å²) in [5.41, 5.74) is 12.7. The van der Waals surface area contributed by atoms with E-state index >= 15 is 0 Å². The highest BCUT2D eigenvalue weighted by Gasteiger charge is 1.95. The second-order valence-electron chi connectivity index (χ2n) is 2.08. The Kier molecular flexibility index (Phi) is 1.44. The van der Waals surface area contributed by atoms with Crippen LogP contribution in [-0.2, 0) is 13.6 Å². The number of aromatic nitrogens is 1. The van der Waals surface area contributed by atoms with Crippen molar-refractivity contribution in [3.63, 3.8) is 0 Å². The molecule has 0 saturated carbocycles. The first kappa shape index (κ1) is 6.16. The minimum atomic E-state index is 0.549. The van der Waals surface area contributed by atoms with Crippen molar-refractivity contribution in [2.24, 2.45) is 12.8 Å². The number of nitrogens with zero attached hydrogens (tertiary/aromatic N) is 1. The molecule has 0 fully saturated rings. The van der Waals surface area contributed by atoms with Gasteiger partial charge < -0.3 is 16.0 Å². The van der Waals surface area contributed by atoms with E-state index in [4.69, 9.17) is 11.5 Å². The fourth-order valence-electron chi connectivity index (χ4n) is 0.841. The van der Waals surface area contributed by atoms with Crippen molar-refractivity contribution in [1.29, 1.82) is 0 Å². The van der Waals surface area contributed by atoms with Crippen LogP contribution in [-0.4, -0.2) is 4.57 Å². The van der Waals surface area contributed by atoms with Crippen molar-refractivity contribution in [2.45, 2.75) is 6.54 Å². The lowest BCUT2D eigenvalue weighted by molar-refractivity contribution is 0.824. The first-order valence-corrected chi connectivity index (χ1v) is 2.85. The van der Waals surface area contributed by atoms with Crippen LogP contribution in [0.2, 0.25) is 0 Å². The Morgan fingerprint density at radius 3 is 2.56 bits per heavy atom. The molecule has 0 aliphatic heterocycles. The molecule has 1 rings (SSSR count). The predicted molar refractivity (Wildman–Crippen MR) is 37.7 cm³/mol. The zero-order valence-corrected chi connectivity index (χ0v) is 5.46. The Bertz CT molecular complexity index is 202. The molecule has 1 aromatic rings. The number of rotatable bonds is 1. The predicted octanol–water partition coefficient (Wildman–Crippen LogP) is 0.0660. The fourth-order valence-corrected chi connectivity index (χ4v) is 0.841. The van der Waals surface area contributed by atoms with Crippen LogP contribution >= 0.6 is 0 Å². The van der Waals surface area contributed by atoms with Gasteiger partial charge in [0.1, 0.15) is 0 Å². The molecule has 0 aliphatic rings. The monoisotopic (exact) mass is 125 g/mol. The maximum atomic E-state index is 5.48. The van der Waals surface area contributed by atoms with Gasteiger partial charge in [0.25, 0.3) is 0 Å². The van der Waals surface area contributed by atoms with E-state index in [9.17, 15) is 0 Å². The molecule has 0 amide bonds. The highest BCUT2D eigenvalue weighted by molar-refractivity contribution is 5.38. The first-order valence-electron chi connectivity index (χ1n) is 2.85. The standard InChI is InChI=1S/C6H11N3/c1-9-4-5(8)2-6(9)3-7/h2,4H,3,7-8H2,1H3. The van der Waals surface area contributed by atoms with Crippen LogP contribution < -0.4 is 11.5 Å². The fraction of sp³-hybridized carbons (Fsp3) is 0.333. The van der Waals surface area contributed by atoms with Gasteiger partial charge in [0, 0.05) is 31.2 Å². The Balaban J connectivity index is 3.01. The Morgan fingerprint density at radius 1 is 1.67 bits per heavy atom. The molecule has 1 aromatic heterocycles. The summed E-state index contributed by atoms with van der Waals surface area (Å²) in [7, 11) is 1.93. The molecule has 50 valence electrons. The number of anilines is 1. The third-order valence-corrected chi connectivity index (χ3v) is 1.34. The summed E-state index contributed by atoms with van der Waals surface area (Å²) in [5.74, 6) is 0. The van der Waals surface area contributed by atoms with Gasteiger partial charge in [-0.2, -0.15) is 0 Å². The second kappa shape index (κ2) is 2.11. The summed E-state index contributed by atoms with van der Waals surface area (Å²) < 4.78 is 1.93. The maximum absolute atomic E-state index is 5.48. The lowest BCUT2D eigenvalue weighted by atomic mass is 10.4. The molecular formula is C6H11N3. The number of nitrogens with two attached hydrogens (primary N) is 2. The molecule has 0 bridgehead atoms. The quantitative estimate of drug-likeness (QED) is 0.558. The van der Waals surface area contributed by atoms with Gasteiger partial charge >= 0.3 is 0 Å². The zero-order chi connectivity index (χ0) is 6.85. The van der Waals surface area contributed by atoms with Crippen molar-refractivity contribution in [3.05, 3.63) is 18.0 Å². The summed E-state index contributed by atoms with van der Waals surface area (Å²) in [6.07, 6.45) is 1.85. The lowest BCUT2D eigenvalue weighted by Gasteiger charge is -1.94. The van der Waals surface area contributed by atoms with Crippen LogP contribution in [0.4, 0.5) is 5.69 Å². The molecule has 0 saturated heterocycles. The van der Waals surface area contributed by atoms with Crippen molar-refractivity contribution in [1.82, 2.24) is 4.57 Å². The van der Waals surface area contributed by atoms with E-state index in [-0.39, 0.29) is 0 Å². The van der Waals surface area contributed by atoms with Gasteiger partial charge in [-0.3, -0.25) is 0 Å². The van der Waals surface area contributed by atoms with Gasteiger partial charge in [0.15, 0.2) is 0 Å².